The normalized spacial score (nSPS) is 28.9. The molecule has 14 heavy (non-hydrogen) atoms. The van der Waals surface area contributed by atoms with Crippen LogP contribution in [0.1, 0.15) is 13.3 Å². The molecule has 1 heterocycles. The number of carbonyl (C=O) groups is 1. The van der Waals surface area contributed by atoms with Crippen molar-refractivity contribution in [3.8, 4) is 0 Å². The molecule has 1 saturated heterocycles. The van der Waals surface area contributed by atoms with Crippen LogP contribution >= 0.6 is 0 Å². The Balaban J connectivity index is 2.60. The maximum absolute atomic E-state index is 11.9. The summed E-state index contributed by atoms with van der Waals surface area (Å²) in [5, 5.41) is 0. The van der Waals surface area contributed by atoms with Gasteiger partial charge in [0, 0.05) is 26.2 Å². The molecule has 0 aromatic rings. The number of carbonyl (C=O) groups excluding carboxylic acids is 1. The molecule has 1 amide bonds. The van der Waals surface area contributed by atoms with Crippen LogP contribution in [0.5, 0.6) is 0 Å². The lowest BCUT2D eigenvalue weighted by Crippen LogP contribution is -2.52. The van der Waals surface area contributed by atoms with E-state index in [1.54, 1.807) is 4.90 Å². The van der Waals surface area contributed by atoms with E-state index in [-0.39, 0.29) is 17.9 Å². The van der Waals surface area contributed by atoms with Crippen molar-refractivity contribution in [1.82, 2.24) is 9.80 Å². The number of amides is 1. The van der Waals surface area contributed by atoms with Gasteiger partial charge in [0.2, 0.25) is 5.91 Å². The smallest absolute Gasteiger partial charge is 0.228 e. The van der Waals surface area contributed by atoms with Crippen LogP contribution in [0.3, 0.4) is 0 Å². The van der Waals surface area contributed by atoms with Crippen LogP contribution in [0, 0.1) is 5.92 Å². The molecule has 4 heteroatoms. The number of piperidine rings is 1. The van der Waals surface area contributed by atoms with E-state index in [2.05, 4.69) is 4.90 Å². The molecule has 0 aromatic carbocycles. The first-order valence-corrected chi connectivity index (χ1v) is 5.25. The molecule has 0 aliphatic carbocycles. The van der Waals surface area contributed by atoms with Crippen LogP contribution in [0.4, 0.5) is 0 Å². The summed E-state index contributed by atoms with van der Waals surface area (Å²) in [5.41, 5.74) is 5.96. The van der Waals surface area contributed by atoms with Gasteiger partial charge in [-0.05, 0) is 26.9 Å². The molecular formula is C10H21N3O. The molecule has 1 aliphatic heterocycles. The van der Waals surface area contributed by atoms with Gasteiger partial charge in [0.25, 0.3) is 0 Å². The van der Waals surface area contributed by atoms with E-state index in [1.807, 2.05) is 21.0 Å². The fraction of sp³-hybridized carbons (Fsp3) is 0.900. The van der Waals surface area contributed by atoms with Gasteiger partial charge in [-0.15, -0.1) is 0 Å². The quantitative estimate of drug-likeness (QED) is 0.667. The summed E-state index contributed by atoms with van der Waals surface area (Å²) in [6, 6.07) is 0.0349. The van der Waals surface area contributed by atoms with Crippen LogP contribution in [0.25, 0.3) is 0 Å². The van der Waals surface area contributed by atoms with Gasteiger partial charge in [-0.2, -0.15) is 0 Å². The number of rotatable bonds is 2. The molecule has 0 bridgehead atoms. The van der Waals surface area contributed by atoms with Crippen molar-refractivity contribution in [2.45, 2.75) is 19.4 Å². The van der Waals surface area contributed by atoms with E-state index in [1.165, 1.54) is 0 Å². The Kier molecular flexibility index (Phi) is 3.89. The first-order valence-electron chi connectivity index (χ1n) is 5.25. The van der Waals surface area contributed by atoms with Gasteiger partial charge >= 0.3 is 0 Å². The second-order valence-electron chi connectivity index (χ2n) is 4.17. The Hall–Kier alpha value is -0.610. The van der Waals surface area contributed by atoms with E-state index < -0.39 is 0 Å². The molecule has 0 saturated carbocycles. The maximum atomic E-state index is 11.9. The summed E-state index contributed by atoms with van der Waals surface area (Å²) in [6.07, 6.45) is 0.921. The third-order valence-corrected chi connectivity index (χ3v) is 3.04. The fourth-order valence-corrected chi connectivity index (χ4v) is 1.83. The topological polar surface area (TPSA) is 49.6 Å². The van der Waals surface area contributed by atoms with Crippen LogP contribution in [0.2, 0.25) is 0 Å². The average molecular weight is 199 g/mol. The predicted molar refractivity (Wildman–Crippen MR) is 56.9 cm³/mol. The highest BCUT2D eigenvalue weighted by molar-refractivity contribution is 5.79. The third kappa shape index (κ3) is 2.45. The lowest BCUT2D eigenvalue weighted by Gasteiger charge is -2.35. The van der Waals surface area contributed by atoms with Crippen molar-refractivity contribution in [1.29, 1.82) is 0 Å². The second-order valence-corrected chi connectivity index (χ2v) is 4.17. The summed E-state index contributed by atoms with van der Waals surface area (Å²) >= 11 is 0. The largest absolute Gasteiger partial charge is 0.346 e. The molecule has 4 nitrogen and oxygen atoms in total. The zero-order valence-electron chi connectivity index (χ0n) is 9.36. The highest BCUT2D eigenvalue weighted by Gasteiger charge is 2.31. The van der Waals surface area contributed by atoms with Crippen molar-refractivity contribution in [2.24, 2.45) is 11.7 Å². The van der Waals surface area contributed by atoms with Crippen molar-refractivity contribution < 1.29 is 4.79 Å². The van der Waals surface area contributed by atoms with Gasteiger partial charge in [0.05, 0.1) is 5.92 Å². The average Bonchev–Trinajstić information content (AvgIpc) is 2.19. The zero-order chi connectivity index (χ0) is 10.7. The minimum atomic E-state index is -0.0151. The molecule has 2 unspecified atom stereocenters. The molecule has 0 radical (unpaired) electrons. The first kappa shape index (κ1) is 11.5. The molecule has 1 aliphatic rings. The predicted octanol–water partition coefficient (Wildman–Crippen LogP) is -0.256. The molecule has 2 N–H and O–H groups in total. The summed E-state index contributed by atoms with van der Waals surface area (Å²) < 4.78 is 0. The van der Waals surface area contributed by atoms with Gasteiger partial charge in [0.1, 0.15) is 0 Å². The van der Waals surface area contributed by atoms with Crippen LogP contribution in [-0.2, 0) is 4.79 Å². The second kappa shape index (κ2) is 4.75. The number of nitrogens with two attached hydrogens (primary N) is 1. The van der Waals surface area contributed by atoms with E-state index >= 15 is 0 Å². The van der Waals surface area contributed by atoms with Crippen LogP contribution in [0.15, 0.2) is 0 Å². The highest BCUT2D eigenvalue weighted by atomic mass is 16.2. The number of nitrogens with zero attached hydrogens (tertiary/aromatic N) is 2. The van der Waals surface area contributed by atoms with Crippen molar-refractivity contribution >= 4 is 5.91 Å². The van der Waals surface area contributed by atoms with Crippen molar-refractivity contribution in [3.63, 3.8) is 0 Å². The maximum Gasteiger partial charge on any atom is 0.228 e. The van der Waals surface area contributed by atoms with Crippen LogP contribution in [-0.4, -0.2) is 55.5 Å². The third-order valence-electron chi connectivity index (χ3n) is 3.04. The molecule has 2 atom stereocenters. The number of likely N-dealkylation sites (tertiary alicyclic amines) is 1. The van der Waals surface area contributed by atoms with E-state index in [0.29, 0.717) is 0 Å². The minimum absolute atomic E-state index is 0.0151. The Morgan fingerprint density at radius 2 is 2.29 bits per heavy atom. The van der Waals surface area contributed by atoms with Crippen molar-refractivity contribution in [3.05, 3.63) is 0 Å². The van der Waals surface area contributed by atoms with Gasteiger partial charge in [0.15, 0.2) is 0 Å². The van der Waals surface area contributed by atoms with E-state index in [0.717, 1.165) is 26.1 Å². The number of hydrogen-bond donors (Lipinski definition) is 1. The van der Waals surface area contributed by atoms with E-state index in [9.17, 15) is 4.79 Å². The SMILES string of the molecule is CCN(C)C(=O)C1CN(C)CCC1N. The standard InChI is InChI=1S/C10H21N3O/c1-4-13(3)10(14)8-7-12(2)6-5-9(8)11/h8-9H,4-7,11H2,1-3H3. The minimum Gasteiger partial charge on any atom is -0.346 e. The van der Waals surface area contributed by atoms with Gasteiger partial charge in [-0.25, -0.2) is 0 Å². The molecule has 1 fully saturated rings. The van der Waals surface area contributed by atoms with Gasteiger partial charge in [-0.3, -0.25) is 4.79 Å². The molecule has 1 rings (SSSR count). The molecule has 0 spiro atoms. The molecule has 0 aromatic heterocycles. The Labute approximate surface area is 86.0 Å². The van der Waals surface area contributed by atoms with Gasteiger partial charge < -0.3 is 15.5 Å². The number of hydrogen-bond acceptors (Lipinski definition) is 3. The van der Waals surface area contributed by atoms with Crippen molar-refractivity contribution in [2.75, 3.05) is 33.7 Å². The summed E-state index contributed by atoms with van der Waals surface area (Å²) in [4.78, 5) is 15.8. The summed E-state index contributed by atoms with van der Waals surface area (Å²) in [5.74, 6) is 0.172. The Morgan fingerprint density at radius 1 is 1.64 bits per heavy atom. The lowest BCUT2D eigenvalue weighted by molar-refractivity contribution is -0.136. The monoisotopic (exact) mass is 199 g/mol. The first-order chi connectivity index (χ1) is 6.56. The Morgan fingerprint density at radius 3 is 2.86 bits per heavy atom. The lowest BCUT2D eigenvalue weighted by atomic mass is 9.92. The highest BCUT2D eigenvalue weighted by Crippen LogP contribution is 2.16. The van der Waals surface area contributed by atoms with Crippen LogP contribution < -0.4 is 5.73 Å². The molecular weight excluding hydrogens is 178 g/mol. The van der Waals surface area contributed by atoms with Gasteiger partial charge in [-0.1, -0.05) is 0 Å². The Bertz CT molecular complexity index is 208. The fourth-order valence-electron chi connectivity index (χ4n) is 1.83. The summed E-state index contributed by atoms with van der Waals surface area (Å²) in [6.45, 7) is 4.53. The summed E-state index contributed by atoms with van der Waals surface area (Å²) in [7, 11) is 3.88. The van der Waals surface area contributed by atoms with E-state index in [4.69, 9.17) is 5.73 Å². The zero-order valence-corrected chi connectivity index (χ0v) is 9.36. The molecule has 82 valence electrons.